The van der Waals surface area contributed by atoms with E-state index in [1.165, 1.54) is 4.90 Å². The molecule has 1 saturated heterocycles. The van der Waals surface area contributed by atoms with Crippen molar-refractivity contribution < 1.29 is 33.8 Å². The van der Waals surface area contributed by atoms with E-state index in [-0.39, 0.29) is 17.4 Å². The van der Waals surface area contributed by atoms with Crippen molar-refractivity contribution in [2.24, 2.45) is 0 Å². The summed E-state index contributed by atoms with van der Waals surface area (Å²) in [6.45, 7) is 9.41. The number of ether oxygens (including phenoxy) is 3. The van der Waals surface area contributed by atoms with E-state index in [2.05, 4.69) is 13.8 Å². The number of aliphatic hydroxyl groups is 1. The molecular formula is C34H39N2O6+. The highest BCUT2D eigenvalue weighted by Crippen LogP contribution is 2.42. The maximum absolute atomic E-state index is 13.6. The van der Waals surface area contributed by atoms with Crippen LogP contribution in [0.15, 0.2) is 72.3 Å². The molecule has 8 heteroatoms. The first kappa shape index (κ1) is 29.2. The summed E-state index contributed by atoms with van der Waals surface area (Å²) in [6.07, 6.45) is 0.753. The zero-order valence-corrected chi connectivity index (χ0v) is 24.7. The first-order chi connectivity index (χ1) is 20.3. The van der Waals surface area contributed by atoms with Gasteiger partial charge in [-0.3, -0.25) is 9.59 Å². The lowest BCUT2D eigenvalue weighted by Crippen LogP contribution is -3.12. The van der Waals surface area contributed by atoms with Crippen LogP contribution in [0.3, 0.4) is 0 Å². The summed E-state index contributed by atoms with van der Waals surface area (Å²) in [4.78, 5) is 29.9. The lowest BCUT2D eigenvalue weighted by atomic mass is 9.94. The van der Waals surface area contributed by atoms with Crippen molar-refractivity contribution in [3.8, 4) is 17.2 Å². The van der Waals surface area contributed by atoms with Gasteiger partial charge in [0.25, 0.3) is 11.7 Å². The monoisotopic (exact) mass is 571 g/mol. The summed E-state index contributed by atoms with van der Waals surface area (Å²) < 4.78 is 17.6. The van der Waals surface area contributed by atoms with Gasteiger partial charge >= 0.3 is 0 Å². The van der Waals surface area contributed by atoms with Crippen LogP contribution in [0.2, 0.25) is 0 Å². The van der Waals surface area contributed by atoms with Crippen LogP contribution in [-0.4, -0.2) is 61.1 Å². The van der Waals surface area contributed by atoms with Gasteiger partial charge in [-0.15, -0.1) is 0 Å². The molecule has 2 N–H and O–H groups in total. The molecule has 0 unspecified atom stereocenters. The number of amides is 1. The molecule has 2 aliphatic heterocycles. The molecule has 0 aliphatic carbocycles. The van der Waals surface area contributed by atoms with Gasteiger partial charge in [-0.05, 0) is 67.8 Å². The molecule has 5 rings (SSSR count). The summed E-state index contributed by atoms with van der Waals surface area (Å²) in [5, 5.41) is 11.6. The summed E-state index contributed by atoms with van der Waals surface area (Å²) >= 11 is 0. The Bertz CT molecular complexity index is 1480. The van der Waals surface area contributed by atoms with Gasteiger partial charge in [-0.1, -0.05) is 36.4 Å². The zero-order valence-electron chi connectivity index (χ0n) is 24.7. The molecule has 3 aromatic rings. The average Bonchev–Trinajstić information content (AvgIpc) is 3.51. The number of benzene rings is 3. The number of hydrogen-bond acceptors (Lipinski definition) is 6. The molecule has 2 heterocycles. The third-order valence-electron chi connectivity index (χ3n) is 8.16. The fourth-order valence-electron chi connectivity index (χ4n) is 5.77. The Balaban J connectivity index is 1.54. The second-order valence-corrected chi connectivity index (χ2v) is 10.8. The first-order valence-corrected chi connectivity index (χ1v) is 14.6. The highest BCUT2D eigenvalue weighted by Gasteiger charge is 2.46. The van der Waals surface area contributed by atoms with Gasteiger partial charge in [0.1, 0.15) is 24.2 Å². The molecule has 1 amide bonds. The van der Waals surface area contributed by atoms with Crippen molar-refractivity contribution in [1.29, 1.82) is 0 Å². The van der Waals surface area contributed by atoms with Crippen molar-refractivity contribution in [2.45, 2.75) is 45.9 Å². The average molecular weight is 572 g/mol. The fourth-order valence-corrected chi connectivity index (χ4v) is 5.77. The maximum Gasteiger partial charge on any atom is 0.295 e. The number of likely N-dealkylation sites (N-methyl/N-ethyl adjacent to an activating group) is 1. The number of nitrogens with zero attached hydrogens (tertiary/aromatic N) is 1. The van der Waals surface area contributed by atoms with Gasteiger partial charge < -0.3 is 29.1 Å². The van der Waals surface area contributed by atoms with Gasteiger partial charge in [-0.25, -0.2) is 0 Å². The molecule has 220 valence electrons. The van der Waals surface area contributed by atoms with E-state index >= 15 is 0 Å². The normalized spacial score (nSPS) is 19.2. The van der Waals surface area contributed by atoms with Gasteiger partial charge in [0.2, 0.25) is 0 Å². The molecule has 8 nitrogen and oxygen atoms in total. The van der Waals surface area contributed by atoms with Gasteiger partial charge in [0.05, 0.1) is 44.9 Å². The third-order valence-corrected chi connectivity index (χ3v) is 8.16. The molecule has 2 aliphatic rings. The van der Waals surface area contributed by atoms with E-state index in [9.17, 15) is 14.7 Å². The Morgan fingerprint density at radius 2 is 1.79 bits per heavy atom. The largest absolute Gasteiger partial charge is 0.507 e. The Kier molecular flexibility index (Phi) is 8.83. The Hall–Kier alpha value is -4.30. The number of fused-ring (bicyclic) bond motifs is 1. The quantitative estimate of drug-likeness (QED) is 0.206. The Morgan fingerprint density at radius 1 is 1.02 bits per heavy atom. The molecule has 1 fully saturated rings. The van der Waals surface area contributed by atoms with Gasteiger partial charge in [-0.2, -0.15) is 0 Å². The van der Waals surface area contributed by atoms with E-state index in [4.69, 9.17) is 14.2 Å². The minimum atomic E-state index is -0.777. The number of ketones is 1. The van der Waals surface area contributed by atoms with Crippen LogP contribution >= 0.6 is 0 Å². The number of rotatable bonds is 11. The fraction of sp³-hybridized carbons (Fsp3) is 0.353. The van der Waals surface area contributed by atoms with Gasteiger partial charge in [0.15, 0.2) is 11.5 Å². The SMILES string of the molecule is CC[NH+](CC)CCN1C(=O)C(=O)C(=C(O)c2ccc3c(c2)C[C@@H](C)O3)[C@H]1c1ccc(OCc2ccccc2)c(OC)c1. The molecule has 0 aromatic heterocycles. The number of quaternary nitrogens is 1. The summed E-state index contributed by atoms with van der Waals surface area (Å²) in [6, 6.07) is 19.9. The van der Waals surface area contributed by atoms with E-state index < -0.39 is 17.7 Å². The molecular weight excluding hydrogens is 532 g/mol. The molecule has 0 spiro atoms. The Labute approximate surface area is 247 Å². The third kappa shape index (κ3) is 5.85. The molecule has 42 heavy (non-hydrogen) atoms. The number of aliphatic hydroxyl groups excluding tert-OH is 1. The van der Waals surface area contributed by atoms with E-state index in [1.807, 2.05) is 55.5 Å². The number of carbonyl (C=O) groups excluding carboxylic acids is 2. The summed E-state index contributed by atoms with van der Waals surface area (Å²) in [5.41, 5.74) is 3.20. The number of hydrogen-bond donors (Lipinski definition) is 2. The summed E-state index contributed by atoms with van der Waals surface area (Å²) in [5.74, 6) is 0.292. The highest BCUT2D eigenvalue weighted by atomic mass is 16.5. The molecule has 3 aromatic carbocycles. The molecule has 0 radical (unpaired) electrons. The lowest BCUT2D eigenvalue weighted by Gasteiger charge is -2.27. The molecule has 0 saturated carbocycles. The van der Waals surface area contributed by atoms with E-state index in [1.54, 1.807) is 30.2 Å². The van der Waals surface area contributed by atoms with Crippen molar-refractivity contribution in [2.75, 3.05) is 33.3 Å². The lowest BCUT2D eigenvalue weighted by molar-refractivity contribution is -0.895. The zero-order chi connectivity index (χ0) is 29.8. The second-order valence-electron chi connectivity index (χ2n) is 10.8. The second kappa shape index (κ2) is 12.7. The van der Waals surface area contributed by atoms with Gasteiger partial charge in [0, 0.05) is 12.0 Å². The summed E-state index contributed by atoms with van der Waals surface area (Å²) in [7, 11) is 1.56. The Morgan fingerprint density at radius 3 is 2.50 bits per heavy atom. The number of nitrogens with one attached hydrogen (secondary N) is 1. The van der Waals surface area contributed by atoms with Crippen LogP contribution in [0, 0.1) is 0 Å². The minimum Gasteiger partial charge on any atom is -0.507 e. The van der Waals surface area contributed by atoms with E-state index in [0.717, 1.165) is 30.0 Å². The standard InChI is InChI=1S/C34H38N2O6/c1-5-35(6-2)16-17-36-31(24-12-15-28(29(20-24)40-4)41-21-23-10-8-7-9-11-23)30(33(38)34(36)39)32(37)25-13-14-27-26(19-25)18-22(3)42-27/h7-15,19-20,22,31,37H,5-6,16-18,21H2,1-4H3/p+1/t22-,31-/m1/s1. The topological polar surface area (TPSA) is 89.7 Å². The van der Waals surface area contributed by atoms with Crippen LogP contribution in [0.4, 0.5) is 0 Å². The van der Waals surface area contributed by atoms with Crippen LogP contribution in [-0.2, 0) is 22.6 Å². The molecule has 2 atom stereocenters. The highest BCUT2D eigenvalue weighted by molar-refractivity contribution is 6.46. The number of methoxy groups -OCH3 is 1. The van der Waals surface area contributed by atoms with Crippen molar-refractivity contribution in [1.82, 2.24) is 4.90 Å². The van der Waals surface area contributed by atoms with Crippen LogP contribution in [0.1, 0.15) is 49.1 Å². The van der Waals surface area contributed by atoms with Crippen LogP contribution in [0.25, 0.3) is 5.76 Å². The predicted octanol–water partition coefficient (Wildman–Crippen LogP) is 3.94. The van der Waals surface area contributed by atoms with Crippen molar-refractivity contribution in [3.63, 3.8) is 0 Å². The number of carbonyl (C=O) groups is 2. The number of Topliss-reactive ketones (excluding diaryl/α,β-unsaturated/α-hetero) is 1. The van der Waals surface area contributed by atoms with Crippen LogP contribution < -0.4 is 19.1 Å². The van der Waals surface area contributed by atoms with E-state index in [0.29, 0.717) is 48.7 Å². The van der Waals surface area contributed by atoms with Crippen molar-refractivity contribution >= 4 is 17.4 Å². The maximum atomic E-state index is 13.6. The smallest absolute Gasteiger partial charge is 0.295 e. The number of likely N-dealkylation sites (tertiary alicyclic amines) is 1. The predicted molar refractivity (Wildman–Crippen MR) is 160 cm³/mol. The minimum absolute atomic E-state index is 0.0423. The first-order valence-electron chi connectivity index (χ1n) is 14.6. The van der Waals surface area contributed by atoms with Crippen LogP contribution in [0.5, 0.6) is 17.2 Å². The van der Waals surface area contributed by atoms with Crippen molar-refractivity contribution in [3.05, 3.63) is 94.6 Å². The molecule has 0 bridgehead atoms.